The van der Waals surface area contributed by atoms with E-state index in [0.29, 0.717) is 11.8 Å². The van der Waals surface area contributed by atoms with Gasteiger partial charge in [-0.15, -0.1) is 0 Å². The molecule has 0 aromatic rings. The molecule has 1 fully saturated rings. The zero-order valence-corrected chi connectivity index (χ0v) is 6.10. The first-order chi connectivity index (χ1) is 4.38. The van der Waals surface area contributed by atoms with Gasteiger partial charge >= 0.3 is 0 Å². The Hall–Kier alpha value is 0.270. The highest BCUT2D eigenvalue weighted by molar-refractivity contribution is 7.99. The van der Waals surface area contributed by atoms with Gasteiger partial charge < -0.3 is 10.2 Å². The molecular formula is C6H12O2S. The van der Waals surface area contributed by atoms with Gasteiger partial charge in [-0.2, -0.15) is 11.8 Å². The Balaban J connectivity index is 2.32. The molecule has 1 aliphatic rings. The second-order valence-corrected chi connectivity index (χ2v) is 3.50. The van der Waals surface area contributed by atoms with Crippen LogP contribution in [0.4, 0.5) is 0 Å². The summed E-state index contributed by atoms with van der Waals surface area (Å²) in [5.74, 6) is 2.73. The largest absolute Gasteiger partial charge is 0.396 e. The number of aliphatic hydroxyl groups excluding tert-OH is 2. The van der Waals surface area contributed by atoms with Gasteiger partial charge in [-0.1, -0.05) is 0 Å². The minimum Gasteiger partial charge on any atom is -0.396 e. The van der Waals surface area contributed by atoms with Gasteiger partial charge in [-0.05, 0) is 23.3 Å². The van der Waals surface area contributed by atoms with Crippen molar-refractivity contribution in [3.8, 4) is 0 Å². The van der Waals surface area contributed by atoms with Crippen LogP contribution in [-0.4, -0.2) is 34.9 Å². The van der Waals surface area contributed by atoms with Crippen LogP contribution in [0.2, 0.25) is 0 Å². The van der Waals surface area contributed by atoms with Crippen LogP contribution in [-0.2, 0) is 0 Å². The third-order valence-electron chi connectivity index (χ3n) is 1.80. The van der Waals surface area contributed by atoms with E-state index < -0.39 is 0 Å². The molecule has 0 radical (unpaired) electrons. The Morgan fingerprint density at radius 2 is 1.56 bits per heavy atom. The summed E-state index contributed by atoms with van der Waals surface area (Å²) in [6, 6.07) is 0. The molecule has 0 aliphatic carbocycles. The summed E-state index contributed by atoms with van der Waals surface area (Å²) in [6.45, 7) is 0.469. The zero-order valence-electron chi connectivity index (χ0n) is 5.29. The zero-order chi connectivity index (χ0) is 6.69. The Labute approximate surface area is 59.3 Å². The van der Waals surface area contributed by atoms with Gasteiger partial charge in [0.2, 0.25) is 0 Å². The Morgan fingerprint density at radius 1 is 1.11 bits per heavy atom. The monoisotopic (exact) mass is 148 g/mol. The molecule has 2 N–H and O–H groups in total. The minimum atomic E-state index is 0.234. The van der Waals surface area contributed by atoms with Crippen molar-refractivity contribution in [2.24, 2.45) is 11.8 Å². The lowest BCUT2D eigenvalue weighted by Gasteiger charge is -2.11. The predicted molar refractivity (Wildman–Crippen MR) is 38.5 cm³/mol. The lowest BCUT2D eigenvalue weighted by molar-refractivity contribution is 0.152. The van der Waals surface area contributed by atoms with Gasteiger partial charge in [0.05, 0.1) is 0 Å². The number of aliphatic hydroxyl groups is 2. The molecule has 2 atom stereocenters. The quantitative estimate of drug-likeness (QED) is 0.577. The molecule has 0 aromatic carbocycles. The second-order valence-electron chi connectivity index (χ2n) is 2.42. The average molecular weight is 148 g/mol. The molecular weight excluding hydrogens is 136 g/mol. The summed E-state index contributed by atoms with van der Waals surface area (Å²) in [7, 11) is 0. The maximum absolute atomic E-state index is 8.74. The van der Waals surface area contributed by atoms with Crippen LogP contribution in [0.1, 0.15) is 0 Å². The smallest absolute Gasteiger partial charge is 0.0470 e. The standard InChI is InChI=1S/C6H12O2S/c7-1-5-3-9-4-6(5)2-8/h5-8H,1-4H2/t5-,6+. The fourth-order valence-corrected chi connectivity index (χ4v) is 2.54. The van der Waals surface area contributed by atoms with Gasteiger partial charge in [0.1, 0.15) is 0 Å². The average Bonchev–Trinajstić information content (AvgIpc) is 2.33. The molecule has 0 amide bonds. The van der Waals surface area contributed by atoms with E-state index in [1.54, 1.807) is 0 Å². The molecule has 1 saturated heterocycles. The second kappa shape index (κ2) is 3.44. The molecule has 0 bridgehead atoms. The van der Waals surface area contributed by atoms with Crippen molar-refractivity contribution >= 4 is 11.8 Å². The summed E-state index contributed by atoms with van der Waals surface area (Å²) < 4.78 is 0. The van der Waals surface area contributed by atoms with Crippen molar-refractivity contribution in [3.05, 3.63) is 0 Å². The van der Waals surface area contributed by atoms with Crippen LogP contribution in [0.25, 0.3) is 0 Å². The molecule has 54 valence electrons. The summed E-state index contributed by atoms with van der Waals surface area (Å²) in [4.78, 5) is 0. The van der Waals surface area contributed by atoms with Crippen LogP contribution in [0.3, 0.4) is 0 Å². The lowest BCUT2D eigenvalue weighted by atomic mass is 9.98. The van der Waals surface area contributed by atoms with Crippen LogP contribution in [0.5, 0.6) is 0 Å². The first-order valence-electron chi connectivity index (χ1n) is 3.18. The normalized spacial score (nSPS) is 35.3. The predicted octanol–water partition coefficient (Wildman–Crippen LogP) is -0.0498. The van der Waals surface area contributed by atoms with Gasteiger partial charge in [0.15, 0.2) is 0 Å². The first kappa shape index (κ1) is 7.38. The van der Waals surface area contributed by atoms with Gasteiger partial charge in [-0.25, -0.2) is 0 Å². The SMILES string of the molecule is OC[C@@H]1CSC[C@@H]1CO. The maximum atomic E-state index is 8.74. The van der Waals surface area contributed by atoms with Gasteiger partial charge in [0, 0.05) is 13.2 Å². The number of hydrogen-bond donors (Lipinski definition) is 2. The summed E-state index contributed by atoms with van der Waals surface area (Å²) in [5, 5.41) is 17.5. The highest BCUT2D eigenvalue weighted by atomic mass is 32.2. The molecule has 1 aliphatic heterocycles. The number of thioether (sulfide) groups is 1. The highest BCUT2D eigenvalue weighted by Gasteiger charge is 2.25. The molecule has 1 heterocycles. The lowest BCUT2D eigenvalue weighted by Crippen LogP contribution is -2.19. The number of hydrogen-bond acceptors (Lipinski definition) is 3. The van der Waals surface area contributed by atoms with Crippen molar-refractivity contribution in [2.75, 3.05) is 24.7 Å². The van der Waals surface area contributed by atoms with E-state index in [0.717, 1.165) is 11.5 Å². The minimum absolute atomic E-state index is 0.234. The number of rotatable bonds is 2. The molecule has 0 spiro atoms. The molecule has 3 heteroatoms. The molecule has 1 rings (SSSR count). The molecule has 0 unspecified atom stereocenters. The molecule has 2 nitrogen and oxygen atoms in total. The van der Waals surface area contributed by atoms with Gasteiger partial charge in [-0.3, -0.25) is 0 Å². The van der Waals surface area contributed by atoms with Crippen molar-refractivity contribution in [1.82, 2.24) is 0 Å². The molecule has 0 saturated carbocycles. The van der Waals surface area contributed by atoms with Crippen LogP contribution in [0.15, 0.2) is 0 Å². The van der Waals surface area contributed by atoms with E-state index >= 15 is 0 Å². The van der Waals surface area contributed by atoms with E-state index in [-0.39, 0.29) is 13.2 Å². The van der Waals surface area contributed by atoms with Crippen LogP contribution >= 0.6 is 11.8 Å². The summed E-state index contributed by atoms with van der Waals surface area (Å²) in [6.07, 6.45) is 0. The third-order valence-corrected chi connectivity index (χ3v) is 3.13. The Morgan fingerprint density at radius 3 is 1.89 bits per heavy atom. The maximum Gasteiger partial charge on any atom is 0.0470 e. The third kappa shape index (κ3) is 1.60. The fourth-order valence-electron chi connectivity index (χ4n) is 1.05. The van der Waals surface area contributed by atoms with Crippen molar-refractivity contribution in [3.63, 3.8) is 0 Å². The van der Waals surface area contributed by atoms with E-state index in [1.807, 2.05) is 11.8 Å². The van der Waals surface area contributed by atoms with Crippen molar-refractivity contribution < 1.29 is 10.2 Å². The van der Waals surface area contributed by atoms with E-state index in [4.69, 9.17) is 10.2 Å². The first-order valence-corrected chi connectivity index (χ1v) is 4.33. The fraction of sp³-hybridized carbons (Fsp3) is 1.00. The van der Waals surface area contributed by atoms with Crippen molar-refractivity contribution in [1.29, 1.82) is 0 Å². The van der Waals surface area contributed by atoms with Crippen LogP contribution in [0, 0.1) is 11.8 Å². The highest BCUT2D eigenvalue weighted by Crippen LogP contribution is 2.28. The van der Waals surface area contributed by atoms with Crippen molar-refractivity contribution in [2.45, 2.75) is 0 Å². The topological polar surface area (TPSA) is 40.5 Å². The van der Waals surface area contributed by atoms with Crippen LogP contribution < -0.4 is 0 Å². The summed E-state index contributed by atoms with van der Waals surface area (Å²) >= 11 is 1.82. The van der Waals surface area contributed by atoms with E-state index in [9.17, 15) is 0 Å². The summed E-state index contributed by atoms with van der Waals surface area (Å²) in [5.41, 5.74) is 0. The Kier molecular flexibility index (Phi) is 2.82. The van der Waals surface area contributed by atoms with Gasteiger partial charge in [0.25, 0.3) is 0 Å². The Bertz CT molecular complexity index is 77.1. The molecule has 9 heavy (non-hydrogen) atoms. The van der Waals surface area contributed by atoms with E-state index in [1.165, 1.54) is 0 Å². The van der Waals surface area contributed by atoms with E-state index in [2.05, 4.69) is 0 Å². The molecule has 0 aromatic heterocycles.